The van der Waals surface area contributed by atoms with Crippen molar-refractivity contribution in [3.8, 4) is 0 Å². The standard InChI is InChI=1S/C8H12ClNO2/c1-3-5-6-10-7(9)8(11)12-4-2/h3H,1,4-6H2,2H3. The molecule has 0 N–H and O–H groups in total. The second kappa shape index (κ2) is 6.85. The Bertz CT molecular complexity index is 189. The fraction of sp³-hybridized carbons (Fsp3) is 0.500. The molecule has 0 spiro atoms. The van der Waals surface area contributed by atoms with Crippen LogP contribution in [-0.4, -0.2) is 24.3 Å². The van der Waals surface area contributed by atoms with Gasteiger partial charge in [0, 0.05) is 6.54 Å². The van der Waals surface area contributed by atoms with Crippen molar-refractivity contribution >= 4 is 22.7 Å². The molecule has 0 bridgehead atoms. The molecule has 0 saturated heterocycles. The maximum atomic E-state index is 10.8. The fourth-order valence-corrected chi connectivity index (χ4v) is 0.648. The van der Waals surface area contributed by atoms with Gasteiger partial charge in [-0.15, -0.1) is 6.58 Å². The molecule has 68 valence electrons. The summed E-state index contributed by atoms with van der Waals surface area (Å²) in [6.07, 6.45) is 2.41. The van der Waals surface area contributed by atoms with E-state index in [4.69, 9.17) is 11.6 Å². The highest BCUT2D eigenvalue weighted by atomic mass is 35.5. The molecule has 0 saturated carbocycles. The average molecular weight is 190 g/mol. The van der Waals surface area contributed by atoms with Gasteiger partial charge in [0.15, 0.2) is 0 Å². The van der Waals surface area contributed by atoms with E-state index in [2.05, 4.69) is 16.3 Å². The summed E-state index contributed by atoms with van der Waals surface area (Å²) in [6, 6.07) is 0. The average Bonchev–Trinajstić information content (AvgIpc) is 2.05. The zero-order chi connectivity index (χ0) is 9.40. The first-order chi connectivity index (χ1) is 5.72. The Morgan fingerprint density at radius 2 is 2.42 bits per heavy atom. The topological polar surface area (TPSA) is 38.7 Å². The highest BCUT2D eigenvalue weighted by Crippen LogP contribution is 1.92. The minimum atomic E-state index is -0.566. The van der Waals surface area contributed by atoms with Gasteiger partial charge in [-0.3, -0.25) is 4.99 Å². The molecule has 0 amide bonds. The van der Waals surface area contributed by atoms with E-state index in [1.165, 1.54) is 0 Å². The minimum Gasteiger partial charge on any atom is -0.461 e. The zero-order valence-electron chi connectivity index (χ0n) is 7.05. The predicted octanol–water partition coefficient (Wildman–Crippen LogP) is 1.76. The molecule has 0 fully saturated rings. The maximum Gasteiger partial charge on any atom is 0.368 e. The van der Waals surface area contributed by atoms with Gasteiger partial charge in [-0.2, -0.15) is 0 Å². The molecule has 0 aliphatic heterocycles. The van der Waals surface area contributed by atoms with Crippen LogP contribution >= 0.6 is 11.6 Å². The van der Waals surface area contributed by atoms with E-state index in [0.717, 1.165) is 0 Å². The number of nitrogens with zero attached hydrogens (tertiary/aromatic N) is 1. The van der Waals surface area contributed by atoms with E-state index in [1.807, 2.05) is 0 Å². The zero-order valence-corrected chi connectivity index (χ0v) is 7.80. The van der Waals surface area contributed by atoms with Crippen molar-refractivity contribution in [3.05, 3.63) is 12.7 Å². The monoisotopic (exact) mass is 189 g/mol. The van der Waals surface area contributed by atoms with Crippen molar-refractivity contribution in [3.63, 3.8) is 0 Å². The van der Waals surface area contributed by atoms with Gasteiger partial charge in [-0.05, 0) is 13.3 Å². The number of carbonyl (C=O) groups is 1. The van der Waals surface area contributed by atoms with Gasteiger partial charge < -0.3 is 4.74 Å². The van der Waals surface area contributed by atoms with Crippen molar-refractivity contribution in [2.45, 2.75) is 13.3 Å². The number of hydrogen-bond donors (Lipinski definition) is 0. The second-order valence-electron chi connectivity index (χ2n) is 1.97. The molecule has 3 nitrogen and oxygen atoms in total. The summed E-state index contributed by atoms with van der Waals surface area (Å²) in [4.78, 5) is 14.6. The third kappa shape index (κ3) is 4.91. The van der Waals surface area contributed by atoms with E-state index < -0.39 is 5.97 Å². The largest absolute Gasteiger partial charge is 0.461 e. The fourth-order valence-electron chi connectivity index (χ4n) is 0.509. The SMILES string of the molecule is C=CCCN=C(Cl)C(=O)OCC. The van der Waals surface area contributed by atoms with Crippen molar-refractivity contribution in [1.82, 2.24) is 0 Å². The van der Waals surface area contributed by atoms with Crippen molar-refractivity contribution in [2.24, 2.45) is 4.99 Å². The Morgan fingerprint density at radius 3 is 2.92 bits per heavy atom. The van der Waals surface area contributed by atoms with E-state index in [9.17, 15) is 4.79 Å². The summed E-state index contributed by atoms with van der Waals surface area (Å²) in [6.45, 7) is 6.01. The van der Waals surface area contributed by atoms with Crippen LogP contribution in [0.5, 0.6) is 0 Å². The van der Waals surface area contributed by atoms with Crippen LogP contribution < -0.4 is 0 Å². The first-order valence-corrected chi connectivity index (χ1v) is 4.08. The molecule has 0 heterocycles. The van der Waals surface area contributed by atoms with Gasteiger partial charge in [0.25, 0.3) is 0 Å². The Balaban J connectivity index is 3.81. The van der Waals surface area contributed by atoms with Crippen molar-refractivity contribution in [1.29, 1.82) is 0 Å². The summed E-state index contributed by atoms with van der Waals surface area (Å²) in [5.41, 5.74) is 0. The van der Waals surface area contributed by atoms with E-state index in [0.29, 0.717) is 19.6 Å². The number of aliphatic imine (C=N–C) groups is 1. The van der Waals surface area contributed by atoms with E-state index >= 15 is 0 Å². The molecule has 0 aromatic heterocycles. The molecular weight excluding hydrogens is 178 g/mol. The molecule has 0 rings (SSSR count). The van der Waals surface area contributed by atoms with E-state index in [-0.39, 0.29) is 5.17 Å². The molecule has 0 unspecified atom stereocenters. The highest BCUT2D eigenvalue weighted by molar-refractivity contribution is 6.82. The maximum absolute atomic E-state index is 10.8. The van der Waals surface area contributed by atoms with Crippen LogP contribution in [0, 0.1) is 0 Å². The first-order valence-electron chi connectivity index (χ1n) is 3.70. The van der Waals surface area contributed by atoms with Crippen LogP contribution in [-0.2, 0) is 9.53 Å². The lowest BCUT2D eigenvalue weighted by atomic mass is 10.4. The lowest BCUT2D eigenvalue weighted by Crippen LogP contribution is -2.12. The van der Waals surface area contributed by atoms with Gasteiger partial charge in [0.2, 0.25) is 5.17 Å². The molecule has 4 heteroatoms. The minimum absolute atomic E-state index is 0.0984. The Kier molecular flexibility index (Phi) is 6.38. The van der Waals surface area contributed by atoms with Gasteiger partial charge in [-0.25, -0.2) is 4.79 Å². The molecular formula is C8H12ClNO2. The number of ether oxygens (including phenoxy) is 1. The van der Waals surface area contributed by atoms with Crippen molar-refractivity contribution in [2.75, 3.05) is 13.2 Å². The van der Waals surface area contributed by atoms with Crippen LogP contribution in [0.3, 0.4) is 0 Å². The molecule has 12 heavy (non-hydrogen) atoms. The summed E-state index contributed by atoms with van der Waals surface area (Å²) in [5.74, 6) is -0.566. The van der Waals surface area contributed by atoms with Crippen LogP contribution in [0.1, 0.15) is 13.3 Å². The molecule has 0 aliphatic rings. The lowest BCUT2D eigenvalue weighted by molar-refractivity contribution is -0.134. The summed E-state index contributed by atoms with van der Waals surface area (Å²) in [7, 11) is 0. The van der Waals surface area contributed by atoms with E-state index in [1.54, 1.807) is 13.0 Å². The summed E-state index contributed by atoms with van der Waals surface area (Å²) >= 11 is 5.49. The van der Waals surface area contributed by atoms with Crippen LogP contribution in [0.25, 0.3) is 0 Å². The number of carbonyl (C=O) groups excluding carboxylic acids is 1. The van der Waals surface area contributed by atoms with Gasteiger partial charge in [0.05, 0.1) is 6.61 Å². The number of hydrogen-bond acceptors (Lipinski definition) is 3. The molecule has 0 atom stereocenters. The molecule has 0 aromatic rings. The van der Waals surface area contributed by atoms with Crippen molar-refractivity contribution < 1.29 is 9.53 Å². The quantitative estimate of drug-likeness (QED) is 0.286. The third-order valence-electron chi connectivity index (χ3n) is 1.03. The Hall–Kier alpha value is -0.830. The van der Waals surface area contributed by atoms with Gasteiger partial charge >= 0.3 is 5.97 Å². The molecule has 0 aromatic carbocycles. The van der Waals surface area contributed by atoms with Crippen LogP contribution in [0.15, 0.2) is 17.6 Å². The lowest BCUT2D eigenvalue weighted by Gasteiger charge is -1.97. The smallest absolute Gasteiger partial charge is 0.368 e. The molecule has 0 aliphatic carbocycles. The highest BCUT2D eigenvalue weighted by Gasteiger charge is 2.07. The number of esters is 1. The Labute approximate surface area is 77.1 Å². The van der Waals surface area contributed by atoms with Gasteiger partial charge in [-0.1, -0.05) is 17.7 Å². The van der Waals surface area contributed by atoms with Crippen LogP contribution in [0.4, 0.5) is 0 Å². The Morgan fingerprint density at radius 1 is 1.75 bits per heavy atom. The number of rotatable bonds is 5. The normalized spacial score (nSPS) is 11.0. The first kappa shape index (κ1) is 11.2. The third-order valence-corrected chi connectivity index (χ3v) is 1.30. The second-order valence-corrected chi connectivity index (χ2v) is 2.33. The molecule has 0 radical (unpaired) electrons. The van der Waals surface area contributed by atoms with Gasteiger partial charge in [0.1, 0.15) is 0 Å². The summed E-state index contributed by atoms with van der Waals surface area (Å²) < 4.78 is 4.61. The van der Waals surface area contributed by atoms with Crippen LogP contribution in [0.2, 0.25) is 0 Å². The number of halogens is 1. The summed E-state index contributed by atoms with van der Waals surface area (Å²) in [5, 5.41) is -0.0984. The predicted molar refractivity (Wildman–Crippen MR) is 49.6 cm³/mol.